The molecule has 0 aliphatic carbocycles. The van der Waals surface area contributed by atoms with Crippen molar-refractivity contribution in [2.24, 2.45) is 5.73 Å². The first-order chi connectivity index (χ1) is 5.97. The molecule has 0 aromatic carbocycles. The minimum atomic E-state index is -4.10. The molecule has 78 valence electrons. The summed E-state index contributed by atoms with van der Waals surface area (Å²) in [5.74, 6) is 0.107. The normalized spacial score (nSPS) is 25.4. The molecule has 1 atom stereocenters. The zero-order valence-electron chi connectivity index (χ0n) is 7.18. The van der Waals surface area contributed by atoms with Gasteiger partial charge in [-0.3, -0.25) is 0 Å². The Bertz CT molecular complexity index is 162. The molecule has 2 N–H and O–H groups in total. The quantitative estimate of drug-likeness (QED) is 0.767. The van der Waals surface area contributed by atoms with E-state index in [-0.39, 0.29) is 23.6 Å². The van der Waals surface area contributed by atoms with Gasteiger partial charge in [-0.2, -0.15) is 13.2 Å². The van der Waals surface area contributed by atoms with Crippen molar-refractivity contribution >= 4 is 11.8 Å². The molecule has 0 aromatic rings. The van der Waals surface area contributed by atoms with Gasteiger partial charge in [0.2, 0.25) is 0 Å². The Morgan fingerprint density at radius 3 is 2.62 bits per heavy atom. The predicted octanol–water partition coefficient (Wildman–Crippen LogP) is 1.27. The molecular weight excluding hydrogens is 201 g/mol. The largest absolute Gasteiger partial charge is 0.441 e. The number of thioether (sulfide) groups is 1. The molecule has 0 spiro atoms. The van der Waals surface area contributed by atoms with Gasteiger partial charge in [0.05, 0.1) is 0 Å². The van der Waals surface area contributed by atoms with Gasteiger partial charge in [0.1, 0.15) is 0 Å². The molecule has 1 saturated heterocycles. The van der Waals surface area contributed by atoms with Crippen LogP contribution in [0.1, 0.15) is 6.42 Å². The second kappa shape index (κ2) is 4.52. The summed E-state index contributed by atoms with van der Waals surface area (Å²) in [7, 11) is 0. The van der Waals surface area contributed by atoms with Crippen LogP contribution in [0.25, 0.3) is 0 Å². The summed E-state index contributed by atoms with van der Waals surface area (Å²) in [5.41, 5.74) is 1.52. The fourth-order valence-corrected chi connectivity index (χ4v) is 1.94. The first-order valence-electron chi connectivity index (χ1n) is 4.16. The van der Waals surface area contributed by atoms with Gasteiger partial charge in [-0.1, -0.05) is 0 Å². The topological polar surface area (TPSA) is 29.3 Å². The summed E-state index contributed by atoms with van der Waals surface area (Å²) in [5, 5.41) is 0. The average Bonchev–Trinajstić information content (AvgIpc) is 2.33. The van der Waals surface area contributed by atoms with E-state index in [2.05, 4.69) is 0 Å². The molecule has 0 saturated carbocycles. The van der Waals surface area contributed by atoms with Gasteiger partial charge in [-0.15, -0.1) is 0 Å². The maximum Gasteiger partial charge on any atom is 0.441 e. The van der Waals surface area contributed by atoms with Crippen molar-refractivity contribution in [2.75, 3.05) is 25.4 Å². The van der Waals surface area contributed by atoms with Crippen LogP contribution in [-0.4, -0.2) is 41.8 Å². The Hall–Kier alpha value is 0.0600. The van der Waals surface area contributed by atoms with Crippen LogP contribution in [0.15, 0.2) is 0 Å². The molecule has 2 nitrogen and oxygen atoms in total. The maximum atomic E-state index is 11.7. The highest BCUT2D eigenvalue weighted by Crippen LogP contribution is 2.29. The summed E-state index contributed by atoms with van der Waals surface area (Å²) in [4.78, 5) is 1.98. The van der Waals surface area contributed by atoms with E-state index >= 15 is 0 Å². The number of rotatable bonds is 3. The van der Waals surface area contributed by atoms with Gasteiger partial charge in [-0.25, -0.2) is 0 Å². The number of halogens is 3. The second-order valence-corrected chi connectivity index (χ2v) is 4.30. The van der Waals surface area contributed by atoms with Crippen LogP contribution in [-0.2, 0) is 0 Å². The van der Waals surface area contributed by atoms with Gasteiger partial charge in [0.15, 0.2) is 0 Å². The van der Waals surface area contributed by atoms with Crippen molar-refractivity contribution in [3.63, 3.8) is 0 Å². The van der Waals surface area contributed by atoms with Gasteiger partial charge in [0, 0.05) is 24.9 Å². The molecule has 1 aliphatic heterocycles. The number of nitrogens with zero attached hydrogens (tertiary/aromatic N) is 1. The molecular formula is C7H13F3N2S. The monoisotopic (exact) mass is 214 g/mol. The van der Waals surface area contributed by atoms with Crippen LogP contribution < -0.4 is 5.73 Å². The Kier molecular flexibility index (Phi) is 3.87. The summed E-state index contributed by atoms with van der Waals surface area (Å²) in [6.45, 7) is 2.05. The molecule has 0 radical (unpaired) electrons. The summed E-state index contributed by atoms with van der Waals surface area (Å²) in [6.07, 6.45) is 0.899. The molecule has 1 heterocycles. The van der Waals surface area contributed by atoms with Gasteiger partial charge in [-0.05, 0) is 24.7 Å². The SMILES string of the molecule is N[C@@H]1CCN(CCSC(F)(F)F)C1. The van der Waals surface area contributed by atoms with Crippen molar-refractivity contribution in [1.82, 2.24) is 4.90 Å². The van der Waals surface area contributed by atoms with E-state index < -0.39 is 5.51 Å². The molecule has 1 fully saturated rings. The Morgan fingerprint density at radius 1 is 1.46 bits per heavy atom. The van der Waals surface area contributed by atoms with Gasteiger partial charge in [0.25, 0.3) is 0 Å². The third-order valence-electron chi connectivity index (χ3n) is 1.98. The van der Waals surface area contributed by atoms with Crippen molar-refractivity contribution in [2.45, 2.75) is 18.0 Å². The van der Waals surface area contributed by atoms with E-state index in [1.807, 2.05) is 4.90 Å². The Morgan fingerprint density at radius 2 is 2.15 bits per heavy atom. The van der Waals surface area contributed by atoms with E-state index in [1.54, 1.807) is 0 Å². The van der Waals surface area contributed by atoms with Crippen LogP contribution in [0.3, 0.4) is 0 Å². The lowest BCUT2D eigenvalue weighted by molar-refractivity contribution is -0.0328. The van der Waals surface area contributed by atoms with Gasteiger partial charge < -0.3 is 10.6 Å². The molecule has 0 unspecified atom stereocenters. The van der Waals surface area contributed by atoms with Crippen LogP contribution in [0.5, 0.6) is 0 Å². The lowest BCUT2D eigenvalue weighted by Gasteiger charge is -2.14. The minimum absolute atomic E-state index is 0.0392. The van der Waals surface area contributed by atoms with Crippen LogP contribution in [0, 0.1) is 0 Å². The maximum absolute atomic E-state index is 11.7. The number of hydrogen-bond donors (Lipinski definition) is 1. The molecule has 1 aliphatic rings. The van der Waals surface area contributed by atoms with Crippen LogP contribution in [0.2, 0.25) is 0 Å². The number of alkyl halides is 3. The summed E-state index contributed by atoms with van der Waals surface area (Å²) < 4.78 is 35.2. The number of nitrogens with two attached hydrogens (primary N) is 1. The summed E-state index contributed by atoms with van der Waals surface area (Å²) >= 11 is 0.0392. The Labute approximate surface area is 79.6 Å². The van der Waals surface area contributed by atoms with Crippen LogP contribution in [0.4, 0.5) is 13.2 Å². The highest BCUT2D eigenvalue weighted by Gasteiger charge is 2.28. The zero-order valence-corrected chi connectivity index (χ0v) is 8.00. The minimum Gasteiger partial charge on any atom is -0.326 e. The van der Waals surface area contributed by atoms with Crippen molar-refractivity contribution in [1.29, 1.82) is 0 Å². The smallest absolute Gasteiger partial charge is 0.326 e. The fourth-order valence-electron chi connectivity index (χ4n) is 1.36. The molecule has 1 rings (SSSR count). The molecule has 0 aromatic heterocycles. The third-order valence-corrected chi connectivity index (χ3v) is 2.70. The second-order valence-electron chi connectivity index (χ2n) is 3.14. The Balaban J connectivity index is 2.07. The lowest BCUT2D eigenvalue weighted by Crippen LogP contribution is -2.28. The molecule has 13 heavy (non-hydrogen) atoms. The van der Waals surface area contributed by atoms with Crippen LogP contribution >= 0.6 is 11.8 Å². The fraction of sp³-hybridized carbons (Fsp3) is 1.00. The van der Waals surface area contributed by atoms with Gasteiger partial charge >= 0.3 is 5.51 Å². The summed E-state index contributed by atoms with van der Waals surface area (Å²) in [6, 6.07) is 0.149. The van der Waals surface area contributed by atoms with E-state index in [0.29, 0.717) is 6.54 Å². The van der Waals surface area contributed by atoms with E-state index in [1.165, 1.54) is 0 Å². The number of likely N-dealkylation sites (tertiary alicyclic amines) is 1. The van der Waals surface area contributed by atoms with Crippen molar-refractivity contribution < 1.29 is 13.2 Å². The van der Waals surface area contributed by atoms with E-state index in [4.69, 9.17) is 5.73 Å². The lowest BCUT2D eigenvalue weighted by atomic mass is 10.3. The standard InChI is InChI=1S/C7H13F3N2S/c8-7(9,10)13-4-3-12-2-1-6(11)5-12/h6H,1-5,11H2/t6-/m1/s1. The average molecular weight is 214 g/mol. The van der Waals surface area contributed by atoms with Crippen molar-refractivity contribution in [3.8, 4) is 0 Å². The highest BCUT2D eigenvalue weighted by molar-refractivity contribution is 8.00. The molecule has 0 amide bonds. The van der Waals surface area contributed by atoms with E-state index in [9.17, 15) is 13.2 Å². The third kappa shape index (κ3) is 4.73. The number of hydrogen-bond acceptors (Lipinski definition) is 3. The first kappa shape index (κ1) is 11.1. The first-order valence-corrected chi connectivity index (χ1v) is 5.14. The zero-order chi connectivity index (χ0) is 9.90. The highest BCUT2D eigenvalue weighted by atomic mass is 32.2. The predicted molar refractivity (Wildman–Crippen MR) is 47.5 cm³/mol. The van der Waals surface area contributed by atoms with Crippen molar-refractivity contribution in [3.05, 3.63) is 0 Å². The molecule has 6 heteroatoms. The molecule has 0 bridgehead atoms. The van der Waals surface area contributed by atoms with E-state index in [0.717, 1.165) is 19.5 Å².